The van der Waals surface area contributed by atoms with Gasteiger partial charge in [-0.05, 0) is 46.1 Å². The second kappa shape index (κ2) is 6.54. The van der Waals surface area contributed by atoms with Gasteiger partial charge in [0.1, 0.15) is 16.1 Å². The van der Waals surface area contributed by atoms with Crippen molar-refractivity contribution in [2.75, 3.05) is 0 Å². The van der Waals surface area contributed by atoms with Crippen LogP contribution in [0, 0.1) is 5.82 Å². The minimum Gasteiger partial charge on any atom is -0.309 e. The molecular weight excluding hydrogens is 343 g/mol. The van der Waals surface area contributed by atoms with Crippen LogP contribution in [0.5, 0.6) is 0 Å². The van der Waals surface area contributed by atoms with Gasteiger partial charge in [-0.15, -0.1) is 11.8 Å². The maximum absolute atomic E-state index is 12.8. The summed E-state index contributed by atoms with van der Waals surface area (Å²) >= 11 is 4.77. The highest BCUT2D eigenvalue weighted by molar-refractivity contribution is 9.10. The molecule has 0 bridgehead atoms. The molecule has 0 fully saturated rings. The quantitative estimate of drug-likeness (QED) is 0.839. The van der Waals surface area contributed by atoms with Gasteiger partial charge in [-0.1, -0.05) is 13.8 Å². The first kappa shape index (κ1) is 15.3. The molecule has 1 aromatic carbocycles. The van der Waals surface area contributed by atoms with Gasteiger partial charge < -0.3 is 4.98 Å². The molecule has 0 atom stereocenters. The van der Waals surface area contributed by atoms with Crippen molar-refractivity contribution in [1.82, 2.24) is 9.97 Å². The number of thioether (sulfide) groups is 1. The van der Waals surface area contributed by atoms with Gasteiger partial charge in [0.25, 0.3) is 5.56 Å². The number of hydrogen-bond acceptors (Lipinski definition) is 3. The highest BCUT2D eigenvalue weighted by atomic mass is 79.9. The zero-order chi connectivity index (χ0) is 14.7. The van der Waals surface area contributed by atoms with E-state index in [4.69, 9.17) is 0 Å². The van der Waals surface area contributed by atoms with Crippen molar-refractivity contribution < 1.29 is 4.39 Å². The summed E-state index contributed by atoms with van der Waals surface area (Å²) in [5.41, 5.74) is 0.585. The number of aromatic amines is 1. The standard InChI is InChI=1S/C14H14BrFN2OS/c1-8(2)13-12(15)14(19)18-11(17-13)7-20-10-5-3-9(16)4-6-10/h3-6,8H,7H2,1-2H3,(H,17,18,19). The Morgan fingerprint density at radius 2 is 2.00 bits per heavy atom. The van der Waals surface area contributed by atoms with Gasteiger partial charge in [-0.3, -0.25) is 4.79 Å². The van der Waals surface area contributed by atoms with Crippen LogP contribution >= 0.6 is 27.7 Å². The third-order valence-electron chi connectivity index (χ3n) is 2.67. The Hall–Kier alpha value is -1.14. The number of aromatic nitrogens is 2. The molecule has 2 rings (SSSR count). The minimum absolute atomic E-state index is 0.168. The summed E-state index contributed by atoms with van der Waals surface area (Å²) in [7, 11) is 0. The first-order valence-corrected chi connectivity index (χ1v) is 7.92. The molecule has 1 N–H and O–H groups in total. The van der Waals surface area contributed by atoms with E-state index in [1.165, 1.54) is 23.9 Å². The average molecular weight is 357 g/mol. The van der Waals surface area contributed by atoms with Crippen LogP contribution in [-0.4, -0.2) is 9.97 Å². The first-order valence-electron chi connectivity index (χ1n) is 6.14. The minimum atomic E-state index is -0.258. The van der Waals surface area contributed by atoms with Crippen LogP contribution in [0.25, 0.3) is 0 Å². The largest absolute Gasteiger partial charge is 0.309 e. The number of nitrogens with zero attached hydrogens (tertiary/aromatic N) is 1. The number of benzene rings is 1. The lowest BCUT2D eigenvalue weighted by atomic mass is 10.1. The van der Waals surface area contributed by atoms with E-state index in [1.807, 2.05) is 13.8 Å². The molecule has 0 saturated carbocycles. The SMILES string of the molecule is CC(C)c1nc(CSc2ccc(F)cc2)[nH]c(=O)c1Br. The van der Waals surface area contributed by atoms with E-state index in [2.05, 4.69) is 25.9 Å². The molecule has 0 aliphatic heterocycles. The van der Waals surface area contributed by atoms with Crippen molar-refractivity contribution in [2.45, 2.75) is 30.4 Å². The predicted molar refractivity (Wildman–Crippen MR) is 82.6 cm³/mol. The van der Waals surface area contributed by atoms with Crippen LogP contribution < -0.4 is 5.56 Å². The lowest BCUT2D eigenvalue weighted by Crippen LogP contribution is -2.16. The summed E-state index contributed by atoms with van der Waals surface area (Å²) < 4.78 is 13.3. The average Bonchev–Trinajstić information content (AvgIpc) is 2.41. The Kier molecular flexibility index (Phi) is 4.99. The summed E-state index contributed by atoms with van der Waals surface area (Å²) in [4.78, 5) is 20.0. The van der Waals surface area contributed by atoms with Gasteiger partial charge in [0, 0.05) is 4.90 Å². The number of hydrogen-bond donors (Lipinski definition) is 1. The summed E-state index contributed by atoms with van der Waals surface area (Å²) in [6.45, 7) is 3.98. The van der Waals surface area contributed by atoms with Crippen molar-refractivity contribution in [2.24, 2.45) is 0 Å². The summed E-state index contributed by atoms with van der Waals surface area (Å²) in [6, 6.07) is 6.25. The van der Waals surface area contributed by atoms with Gasteiger partial charge in [0.2, 0.25) is 0 Å². The lowest BCUT2D eigenvalue weighted by molar-refractivity contribution is 0.626. The fourth-order valence-corrected chi connectivity index (χ4v) is 3.07. The molecule has 6 heteroatoms. The van der Waals surface area contributed by atoms with Crippen LogP contribution in [0.3, 0.4) is 0 Å². The highest BCUT2D eigenvalue weighted by Crippen LogP contribution is 2.23. The third kappa shape index (κ3) is 3.70. The molecule has 3 nitrogen and oxygen atoms in total. The Bertz CT molecular complexity index is 655. The van der Waals surface area contributed by atoms with Gasteiger partial charge >= 0.3 is 0 Å². The van der Waals surface area contributed by atoms with E-state index in [9.17, 15) is 9.18 Å². The molecular formula is C14H14BrFN2OS. The monoisotopic (exact) mass is 356 g/mol. The molecule has 0 saturated heterocycles. The maximum atomic E-state index is 12.8. The fourth-order valence-electron chi connectivity index (χ4n) is 1.66. The van der Waals surface area contributed by atoms with Gasteiger partial charge in [-0.25, -0.2) is 9.37 Å². The number of rotatable bonds is 4. The topological polar surface area (TPSA) is 45.8 Å². The van der Waals surface area contributed by atoms with Crippen molar-refractivity contribution in [3.8, 4) is 0 Å². The normalized spacial score (nSPS) is 11.1. The molecule has 1 aromatic heterocycles. The van der Waals surface area contributed by atoms with Crippen molar-refractivity contribution >= 4 is 27.7 Å². The molecule has 0 spiro atoms. The molecule has 0 aliphatic rings. The van der Waals surface area contributed by atoms with E-state index in [0.717, 1.165) is 10.6 Å². The Morgan fingerprint density at radius 3 is 2.60 bits per heavy atom. The molecule has 0 amide bonds. The van der Waals surface area contributed by atoms with Crippen LogP contribution in [0.2, 0.25) is 0 Å². The van der Waals surface area contributed by atoms with E-state index in [0.29, 0.717) is 16.0 Å². The van der Waals surface area contributed by atoms with Crippen molar-refractivity contribution in [3.63, 3.8) is 0 Å². The Balaban J connectivity index is 2.17. The number of halogens is 2. The smallest absolute Gasteiger partial charge is 0.265 e. The van der Waals surface area contributed by atoms with Gasteiger partial charge in [0.05, 0.1) is 11.4 Å². The Morgan fingerprint density at radius 1 is 1.35 bits per heavy atom. The second-order valence-electron chi connectivity index (χ2n) is 4.61. The number of nitrogens with one attached hydrogen (secondary N) is 1. The molecule has 20 heavy (non-hydrogen) atoms. The fraction of sp³-hybridized carbons (Fsp3) is 0.286. The van der Waals surface area contributed by atoms with Gasteiger partial charge in [0.15, 0.2) is 0 Å². The van der Waals surface area contributed by atoms with Crippen molar-refractivity contribution in [1.29, 1.82) is 0 Å². The molecule has 0 radical (unpaired) electrons. The van der Waals surface area contributed by atoms with E-state index in [-0.39, 0.29) is 17.3 Å². The molecule has 0 unspecified atom stereocenters. The summed E-state index contributed by atoms with van der Waals surface area (Å²) in [6.07, 6.45) is 0. The van der Waals surface area contributed by atoms with Crippen LogP contribution in [0.4, 0.5) is 4.39 Å². The van der Waals surface area contributed by atoms with Gasteiger partial charge in [-0.2, -0.15) is 0 Å². The van der Waals surface area contributed by atoms with Crippen LogP contribution in [-0.2, 0) is 5.75 Å². The predicted octanol–water partition coefficient (Wildman–Crippen LogP) is 4.09. The first-order chi connectivity index (χ1) is 9.47. The molecule has 0 aliphatic carbocycles. The number of H-pyrrole nitrogens is 1. The highest BCUT2D eigenvalue weighted by Gasteiger charge is 2.12. The maximum Gasteiger partial charge on any atom is 0.265 e. The van der Waals surface area contributed by atoms with E-state index < -0.39 is 0 Å². The molecule has 1 heterocycles. The van der Waals surface area contributed by atoms with Crippen LogP contribution in [0.15, 0.2) is 38.4 Å². The van der Waals surface area contributed by atoms with Crippen molar-refractivity contribution in [3.05, 3.63) is 56.4 Å². The third-order valence-corrected chi connectivity index (χ3v) is 4.46. The lowest BCUT2D eigenvalue weighted by Gasteiger charge is -2.09. The summed E-state index contributed by atoms with van der Waals surface area (Å²) in [5, 5.41) is 0. The summed E-state index contributed by atoms with van der Waals surface area (Å²) in [5.74, 6) is 1.07. The zero-order valence-electron chi connectivity index (χ0n) is 11.1. The van der Waals surface area contributed by atoms with E-state index >= 15 is 0 Å². The van der Waals surface area contributed by atoms with E-state index in [1.54, 1.807) is 12.1 Å². The van der Waals surface area contributed by atoms with Crippen LogP contribution in [0.1, 0.15) is 31.3 Å². The molecule has 2 aromatic rings. The zero-order valence-corrected chi connectivity index (χ0v) is 13.5. The Labute approximate surface area is 129 Å². The second-order valence-corrected chi connectivity index (χ2v) is 6.45. The molecule has 106 valence electrons.